The second-order valence-corrected chi connectivity index (χ2v) is 7.97. The van der Waals surface area contributed by atoms with Crippen LogP contribution in [0.5, 0.6) is 0 Å². The summed E-state index contributed by atoms with van der Waals surface area (Å²) in [4.78, 5) is 14.5. The molecule has 0 aromatic carbocycles. The zero-order chi connectivity index (χ0) is 16.6. The van der Waals surface area contributed by atoms with Gasteiger partial charge in [-0.1, -0.05) is 0 Å². The average molecular weight is 350 g/mol. The van der Waals surface area contributed by atoms with Gasteiger partial charge in [0.15, 0.2) is 0 Å². The Bertz CT molecular complexity index is 897. The van der Waals surface area contributed by atoms with Gasteiger partial charge >= 0.3 is 0 Å². The number of hydrogen-bond donors (Lipinski definition) is 1. The van der Waals surface area contributed by atoms with E-state index in [0.717, 1.165) is 37.4 Å². The summed E-state index contributed by atoms with van der Waals surface area (Å²) < 4.78 is 0. The van der Waals surface area contributed by atoms with Crippen LogP contribution in [-0.4, -0.2) is 36.1 Å². The summed E-state index contributed by atoms with van der Waals surface area (Å²) in [6.07, 6.45) is 8.77. The number of aryl methyl sites for hydroxylation is 2. The van der Waals surface area contributed by atoms with Crippen LogP contribution in [0.4, 0.5) is 5.69 Å². The average Bonchev–Trinajstić information content (AvgIpc) is 3.07. The molecule has 2 aliphatic rings. The largest absolute Gasteiger partial charge is 0.368 e. The summed E-state index contributed by atoms with van der Waals surface area (Å²) in [5.74, 6) is 0. The van der Waals surface area contributed by atoms with Gasteiger partial charge in [0.05, 0.1) is 5.69 Å². The van der Waals surface area contributed by atoms with Gasteiger partial charge < -0.3 is 10.2 Å². The van der Waals surface area contributed by atoms with E-state index in [-0.39, 0.29) is 0 Å². The maximum absolute atomic E-state index is 5.05. The number of thiophene rings is 1. The predicted octanol–water partition coefficient (Wildman–Crippen LogP) is 3.65. The number of anilines is 1. The van der Waals surface area contributed by atoms with Crippen molar-refractivity contribution in [2.24, 2.45) is 0 Å². The molecule has 0 atom stereocenters. The quantitative estimate of drug-likeness (QED) is 0.766. The summed E-state index contributed by atoms with van der Waals surface area (Å²) in [7, 11) is 0. The Morgan fingerprint density at radius 2 is 1.84 bits per heavy atom. The first-order valence-corrected chi connectivity index (χ1v) is 10.0. The van der Waals surface area contributed by atoms with E-state index in [1.807, 2.05) is 23.7 Å². The van der Waals surface area contributed by atoms with E-state index in [1.165, 1.54) is 41.6 Å². The molecule has 0 radical (unpaired) electrons. The van der Waals surface area contributed by atoms with Crippen LogP contribution in [0.15, 0.2) is 30.6 Å². The van der Waals surface area contributed by atoms with Gasteiger partial charge in [-0.05, 0) is 49.4 Å². The van der Waals surface area contributed by atoms with Crippen molar-refractivity contribution in [2.45, 2.75) is 25.7 Å². The Kier molecular flexibility index (Phi) is 3.91. The minimum Gasteiger partial charge on any atom is -0.368 e. The van der Waals surface area contributed by atoms with Gasteiger partial charge in [-0.25, -0.2) is 4.98 Å². The highest BCUT2D eigenvalue weighted by Crippen LogP contribution is 2.42. The summed E-state index contributed by atoms with van der Waals surface area (Å²) in [6, 6.07) is 6.43. The van der Waals surface area contributed by atoms with E-state index in [0.29, 0.717) is 0 Å². The SMILES string of the molecule is c1cc(-c2cc(N3CCNCC3)c3c4c(sc3n2)CCCC4)ccn1. The predicted molar refractivity (Wildman–Crippen MR) is 105 cm³/mol. The lowest BCUT2D eigenvalue weighted by Gasteiger charge is -2.30. The van der Waals surface area contributed by atoms with E-state index in [1.54, 1.807) is 10.4 Å². The molecule has 0 unspecified atom stereocenters. The van der Waals surface area contributed by atoms with Crippen molar-refractivity contribution < 1.29 is 0 Å². The Hall–Kier alpha value is -1.98. The molecule has 3 aromatic rings. The maximum Gasteiger partial charge on any atom is 0.126 e. The Morgan fingerprint density at radius 1 is 1.04 bits per heavy atom. The lowest BCUT2D eigenvalue weighted by molar-refractivity contribution is 0.590. The van der Waals surface area contributed by atoms with Crippen LogP contribution in [0.2, 0.25) is 0 Å². The molecular weight excluding hydrogens is 328 g/mol. The van der Waals surface area contributed by atoms with Crippen molar-refractivity contribution in [1.29, 1.82) is 0 Å². The highest BCUT2D eigenvalue weighted by Gasteiger charge is 2.23. The number of pyridine rings is 2. The molecule has 5 heteroatoms. The van der Waals surface area contributed by atoms with E-state index in [4.69, 9.17) is 4.98 Å². The van der Waals surface area contributed by atoms with Crippen molar-refractivity contribution >= 4 is 27.2 Å². The third-order valence-corrected chi connectivity index (χ3v) is 6.52. The summed E-state index contributed by atoms with van der Waals surface area (Å²) >= 11 is 1.92. The van der Waals surface area contributed by atoms with Crippen LogP contribution in [0.1, 0.15) is 23.3 Å². The van der Waals surface area contributed by atoms with Crippen molar-refractivity contribution in [1.82, 2.24) is 15.3 Å². The second kappa shape index (κ2) is 6.39. The third kappa shape index (κ3) is 2.71. The minimum atomic E-state index is 1.06. The first-order valence-electron chi connectivity index (χ1n) is 9.21. The summed E-state index contributed by atoms with van der Waals surface area (Å²) in [6.45, 7) is 4.25. The van der Waals surface area contributed by atoms with Crippen LogP contribution in [0.25, 0.3) is 21.5 Å². The van der Waals surface area contributed by atoms with Gasteiger partial charge in [0.25, 0.3) is 0 Å². The molecule has 0 spiro atoms. The van der Waals surface area contributed by atoms with Crippen molar-refractivity contribution in [3.05, 3.63) is 41.0 Å². The highest BCUT2D eigenvalue weighted by atomic mass is 32.1. The van der Waals surface area contributed by atoms with Gasteiger partial charge in [0.1, 0.15) is 4.83 Å². The van der Waals surface area contributed by atoms with Crippen LogP contribution < -0.4 is 10.2 Å². The van der Waals surface area contributed by atoms with Crippen LogP contribution >= 0.6 is 11.3 Å². The Balaban J connectivity index is 1.73. The van der Waals surface area contributed by atoms with Crippen LogP contribution in [0.3, 0.4) is 0 Å². The number of hydrogen-bond acceptors (Lipinski definition) is 5. The number of nitrogens with one attached hydrogen (secondary N) is 1. The van der Waals surface area contributed by atoms with Crippen molar-refractivity contribution in [3.63, 3.8) is 0 Å². The molecule has 25 heavy (non-hydrogen) atoms. The smallest absolute Gasteiger partial charge is 0.126 e. The minimum absolute atomic E-state index is 1.06. The molecule has 4 nitrogen and oxygen atoms in total. The molecule has 3 aromatic heterocycles. The summed E-state index contributed by atoms with van der Waals surface area (Å²) in [5, 5.41) is 4.90. The fourth-order valence-corrected chi connectivity index (χ4v) is 5.34. The van der Waals surface area contributed by atoms with E-state index >= 15 is 0 Å². The maximum atomic E-state index is 5.05. The molecule has 128 valence electrons. The molecule has 5 rings (SSSR count). The molecule has 0 bridgehead atoms. The van der Waals surface area contributed by atoms with Gasteiger partial charge in [-0.15, -0.1) is 11.3 Å². The second-order valence-electron chi connectivity index (χ2n) is 6.89. The Morgan fingerprint density at radius 3 is 2.68 bits per heavy atom. The lowest BCUT2D eigenvalue weighted by Crippen LogP contribution is -2.43. The molecule has 4 heterocycles. The lowest BCUT2D eigenvalue weighted by atomic mass is 9.95. The standard InChI is InChI=1S/C20H22N4S/c1-2-4-18-15(3-1)19-17(24-11-9-22-10-12-24)13-16(23-20(19)25-18)14-5-7-21-8-6-14/h5-8,13,22H,1-4,9-12H2. The number of aromatic nitrogens is 2. The molecule has 1 saturated heterocycles. The first-order chi connectivity index (χ1) is 12.4. The first kappa shape index (κ1) is 15.3. The van der Waals surface area contributed by atoms with Gasteiger partial charge in [-0.2, -0.15) is 0 Å². The molecule has 0 amide bonds. The molecule has 1 aliphatic carbocycles. The van der Waals surface area contributed by atoms with Crippen LogP contribution in [0, 0.1) is 0 Å². The fourth-order valence-electron chi connectivity index (χ4n) is 4.06. The number of nitrogens with zero attached hydrogens (tertiary/aromatic N) is 3. The van der Waals surface area contributed by atoms with Gasteiger partial charge in [-0.3, -0.25) is 4.98 Å². The fraction of sp³-hybridized carbons (Fsp3) is 0.400. The molecule has 1 fully saturated rings. The van der Waals surface area contributed by atoms with Gasteiger partial charge in [0, 0.05) is 60.1 Å². The number of fused-ring (bicyclic) bond motifs is 3. The van der Waals surface area contributed by atoms with E-state index < -0.39 is 0 Å². The van der Waals surface area contributed by atoms with E-state index in [2.05, 4.69) is 33.4 Å². The Labute approximate surface area is 151 Å². The molecule has 0 saturated carbocycles. The molecular formula is C20H22N4S. The summed E-state index contributed by atoms with van der Waals surface area (Å²) in [5.41, 5.74) is 5.19. The van der Waals surface area contributed by atoms with Crippen molar-refractivity contribution in [2.75, 3.05) is 31.1 Å². The molecule has 1 N–H and O–H groups in total. The van der Waals surface area contributed by atoms with Crippen LogP contribution in [-0.2, 0) is 12.8 Å². The monoisotopic (exact) mass is 350 g/mol. The van der Waals surface area contributed by atoms with E-state index in [9.17, 15) is 0 Å². The molecule has 1 aliphatic heterocycles. The number of piperazine rings is 1. The van der Waals surface area contributed by atoms with Gasteiger partial charge in [0.2, 0.25) is 0 Å². The van der Waals surface area contributed by atoms with Crippen molar-refractivity contribution in [3.8, 4) is 11.3 Å². The highest BCUT2D eigenvalue weighted by molar-refractivity contribution is 7.19. The zero-order valence-electron chi connectivity index (χ0n) is 14.3. The zero-order valence-corrected chi connectivity index (χ0v) is 15.1. The normalized spacial score (nSPS) is 17.7. The third-order valence-electron chi connectivity index (χ3n) is 5.34. The topological polar surface area (TPSA) is 41.0 Å². The number of rotatable bonds is 2.